The van der Waals surface area contributed by atoms with Gasteiger partial charge in [0.2, 0.25) is 0 Å². The van der Waals surface area contributed by atoms with Crippen molar-refractivity contribution in [3.63, 3.8) is 0 Å². The van der Waals surface area contributed by atoms with Gasteiger partial charge in [0.1, 0.15) is 0 Å². The van der Waals surface area contributed by atoms with E-state index in [9.17, 15) is 0 Å². The molecular formula is C10H18N4S. The molecule has 0 unspecified atom stereocenters. The van der Waals surface area contributed by atoms with Gasteiger partial charge in [-0.2, -0.15) is 5.10 Å². The van der Waals surface area contributed by atoms with Crippen LogP contribution in [0.3, 0.4) is 0 Å². The van der Waals surface area contributed by atoms with Gasteiger partial charge in [-0.25, -0.2) is 0 Å². The van der Waals surface area contributed by atoms with Crippen molar-refractivity contribution >= 4 is 17.3 Å². The van der Waals surface area contributed by atoms with Crippen molar-refractivity contribution in [1.29, 1.82) is 0 Å². The van der Waals surface area contributed by atoms with Crippen LogP contribution in [0.15, 0.2) is 12.4 Å². The highest BCUT2D eigenvalue weighted by atomic mass is 32.1. The van der Waals surface area contributed by atoms with Gasteiger partial charge in [0.05, 0.1) is 12.7 Å². The van der Waals surface area contributed by atoms with Gasteiger partial charge in [-0.05, 0) is 38.6 Å². The third kappa shape index (κ3) is 4.78. The van der Waals surface area contributed by atoms with Crippen LogP contribution in [0.2, 0.25) is 0 Å². The number of thiocarbonyl (C=S) groups is 1. The molecule has 84 valence electrons. The summed E-state index contributed by atoms with van der Waals surface area (Å²) in [5.41, 5.74) is 1.18. The third-order valence-corrected chi connectivity index (χ3v) is 2.07. The molecule has 0 saturated carbocycles. The number of hydrogen-bond donors (Lipinski definition) is 2. The lowest BCUT2D eigenvalue weighted by Gasteiger charge is -2.12. The smallest absolute Gasteiger partial charge is 0.166 e. The molecule has 0 aliphatic heterocycles. The van der Waals surface area contributed by atoms with Crippen molar-refractivity contribution < 1.29 is 0 Å². The van der Waals surface area contributed by atoms with Gasteiger partial charge in [-0.3, -0.25) is 4.68 Å². The van der Waals surface area contributed by atoms with E-state index >= 15 is 0 Å². The number of hydrogen-bond acceptors (Lipinski definition) is 2. The summed E-state index contributed by atoms with van der Waals surface area (Å²) in [6, 6.07) is 0.372. The molecule has 0 aromatic carbocycles. The molecule has 0 amide bonds. The summed E-state index contributed by atoms with van der Waals surface area (Å²) in [6.45, 7) is 7.77. The summed E-state index contributed by atoms with van der Waals surface area (Å²) in [5, 5.41) is 11.1. The molecule has 1 aromatic heterocycles. The molecule has 1 heterocycles. The van der Waals surface area contributed by atoms with Gasteiger partial charge in [-0.1, -0.05) is 0 Å². The van der Waals surface area contributed by atoms with Crippen molar-refractivity contribution in [2.24, 2.45) is 0 Å². The lowest BCUT2D eigenvalue weighted by molar-refractivity contribution is 0.596. The van der Waals surface area contributed by atoms with Crippen molar-refractivity contribution in [1.82, 2.24) is 20.4 Å². The van der Waals surface area contributed by atoms with Gasteiger partial charge in [0, 0.05) is 18.8 Å². The Hall–Kier alpha value is -1.10. The monoisotopic (exact) mass is 226 g/mol. The second-order valence-electron chi connectivity index (χ2n) is 3.84. The Morgan fingerprint density at radius 3 is 2.87 bits per heavy atom. The first-order valence-electron chi connectivity index (χ1n) is 5.11. The summed E-state index contributed by atoms with van der Waals surface area (Å²) in [5.74, 6) is 0. The second kappa shape index (κ2) is 5.70. The fourth-order valence-electron chi connectivity index (χ4n) is 1.19. The lowest BCUT2D eigenvalue weighted by Crippen LogP contribution is -2.40. The quantitative estimate of drug-likeness (QED) is 0.754. The minimum Gasteiger partial charge on any atom is -0.361 e. The van der Waals surface area contributed by atoms with E-state index in [1.807, 2.05) is 24.0 Å². The average Bonchev–Trinajstić information content (AvgIpc) is 2.50. The molecule has 0 saturated heterocycles. The zero-order chi connectivity index (χ0) is 11.3. The Morgan fingerprint density at radius 2 is 2.33 bits per heavy atom. The molecule has 15 heavy (non-hydrogen) atoms. The topological polar surface area (TPSA) is 41.9 Å². The first kappa shape index (κ1) is 12.0. The largest absolute Gasteiger partial charge is 0.361 e. The first-order chi connectivity index (χ1) is 7.08. The molecule has 1 rings (SSSR count). The van der Waals surface area contributed by atoms with Crippen LogP contribution < -0.4 is 10.6 Å². The molecule has 2 N–H and O–H groups in total. The number of aromatic nitrogens is 2. The zero-order valence-electron chi connectivity index (χ0n) is 9.45. The van der Waals surface area contributed by atoms with Crippen LogP contribution in [-0.4, -0.2) is 27.5 Å². The van der Waals surface area contributed by atoms with E-state index in [0.29, 0.717) is 11.2 Å². The Labute approximate surface area is 96.1 Å². The molecule has 1 aromatic rings. The average molecular weight is 226 g/mol. The van der Waals surface area contributed by atoms with Gasteiger partial charge in [0.25, 0.3) is 0 Å². The molecule has 0 radical (unpaired) electrons. The number of nitrogens with one attached hydrogen (secondary N) is 2. The minimum absolute atomic E-state index is 0.372. The minimum atomic E-state index is 0.372. The van der Waals surface area contributed by atoms with E-state index in [0.717, 1.165) is 13.1 Å². The number of aryl methyl sites for hydroxylation is 1. The van der Waals surface area contributed by atoms with E-state index in [-0.39, 0.29) is 0 Å². The highest BCUT2D eigenvalue weighted by Crippen LogP contribution is 1.92. The van der Waals surface area contributed by atoms with E-state index in [1.54, 1.807) is 0 Å². The highest BCUT2D eigenvalue weighted by molar-refractivity contribution is 7.80. The fraction of sp³-hybridized carbons (Fsp3) is 0.600. The summed E-state index contributed by atoms with van der Waals surface area (Å²) in [4.78, 5) is 0. The molecule has 4 nitrogen and oxygen atoms in total. The van der Waals surface area contributed by atoms with E-state index in [1.165, 1.54) is 5.56 Å². The predicted octanol–water partition coefficient (Wildman–Crippen LogP) is 1.06. The van der Waals surface area contributed by atoms with E-state index in [2.05, 4.69) is 29.6 Å². The van der Waals surface area contributed by atoms with Crippen LogP contribution >= 0.6 is 12.2 Å². The fourth-order valence-corrected chi connectivity index (χ4v) is 1.52. The molecule has 0 atom stereocenters. The maximum absolute atomic E-state index is 5.10. The summed E-state index contributed by atoms with van der Waals surface area (Å²) in [6.07, 6.45) is 3.87. The highest BCUT2D eigenvalue weighted by Gasteiger charge is 1.98. The maximum atomic E-state index is 5.10. The van der Waals surface area contributed by atoms with Crippen molar-refractivity contribution in [2.75, 3.05) is 6.54 Å². The molecule has 0 fully saturated rings. The Kier molecular flexibility index (Phi) is 4.55. The summed E-state index contributed by atoms with van der Waals surface area (Å²) in [7, 11) is 0. The van der Waals surface area contributed by atoms with Crippen LogP contribution in [0.25, 0.3) is 0 Å². The third-order valence-electron chi connectivity index (χ3n) is 1.81. The van der Waals surface area contributed by atoms with Crippen molar-refractivity contribution in [3.05, 3.63) is 18.0 Å². The van der Waals surface area contributed by atoms with Crippen LogP contribution in [0.5, 0.6) is 0 Å². The van der Waals surface area contributed by atoms with Gasteiger partial charge < -0.3 is 10.6 Å². The molecule has 5 heteroatoms. The van der Waals surface area contributed by atoms with Crippen LogP contribution in [-0.2, 0) is 6.54 Å². The Balaban J connectivity index is 2.19. The van der Waals surface area contributed by atoms with Crippen LogP contribution in [0.1, 0.15) is 19.4 Å². The normalized spacial score (nSPS) is 10.4. The van der Waals surface area contributed by atoms with E-state index in [4.69, 9.17) is 12.2 Å². The number of rotatable bonds is 4. The molecular weight excluding hydrogens is 208 g/mol. The molecule has 0 spiro atoms. The van der Waals surface area contributed by atoms with Crippen molar-refractivity contribution in [3.8, 4) is 0 Å². The standard InChI is InChI=1S/C10H18N4S/c1-8(2)13-10(15)11-4-5-14-7-9(3)6-12-14/h6-8H,4-5H2,1-3H3,(H2,11,13,15). The molecule has 0 aliphatic rings. The predicted molar refractivity (Wildman–Crippen MR) is 65.8 cm³/mol. The Morgan fingerprint density at radius 1 is 1.60 bits per heavy atom. The zero-order valence-corrected chi connectivity index (χ0v) is 10.3. The SMILES string of the molecule is Cc1cnn(CCNC(=S)NC(C)C)c1. The van der Waals surface area contributed by atoms with Crippen LogP contribution in [0.4, 0.5) is 0 Å². The second-order valence-corrected chi connectivity index (χ2v) is 4.24. The number of nitrogens with zero attached hydrogens (tertiary/aromatic N) is 2. The Bertz CT molecular complexity index is 319. The van der Waals surface area contributed by atoms with Gasteiger partial charge in [0.15, 0.2) is 5.11 Å². The van der Waals surface area contributed by atoms with Crippen molar-refractivity contribution in [2.45, 2.75) is 33.4 Å². The van der Waals surface area contributed by atoms with Gasteiger partial charge in [-0.15, -0.1) is 0 Å². The van der Waals surface area contributed by atoms with Gasteiger partial charge >= 0.3 is 0 Å². The van der Waals surface area contributed by atoms with E-state index < -0.39 is 0 Å². The summed E-state index contributed by atoms with van der Waals surface area (Å²) >= 11 is 5.10. The first-order valence-corrected chi connectivity index (χ1v) is 5.52. The summed E-state index contributed by atoms with van der Waals surface area (Å²) < 4.78 is 1.90. The molecule has 0 aliphatic carbocycles. The molecule has 0 bridgehead atoms. The lowest BCUT2D eigenvalue weighted by atomic mass is 10.4. The van der Waals surface area contributed by atoms with Crippen LogP contribution in [0, 0.1) is 6.92 Å². The maximum Gasteiger partial charge on any atom is 0.166 e.